The van der Waals surface area contributed by atoms with Crippen molar-refractivity contribution in [2.75, 3.05) is 0 Å². The van der Waals surface area contributed by atoms with Crippen LogP contribution in [0.3, 0.4) is 0 Å². The fourth-order valence-corrected chi connectivity index (χ4v) is 1.98. The molecule has 3 nitrogen and oxygen atoms in total. The molecule has 3 heteroatoms. The second-order valence-corrected chi connectivity index (χ2v) is 3.87. The van der Waals surface area contributed by atoms with Crippen LogP contribution in [0.2, 0.25) is 0 Å². The van der Waals surface area contributed by atoms with Gasteiger partial charge < -0.3 is 0 Å². The smallest absolute Gasteiger partial charge is 0.133 e. The Hall–Kier alpha value is -1.12. The van der Waals surface area contributed by atoms with Crippen molar-refractivity contribution in [3.8, 4) is 0 Å². The molecule has 1 aliphatic carbocycles. The van der Waals surface area contributed by atoms with Crippen LogP contribution in [0.15, 0.2) is 12.4 Å². The van der Waals surface area contributed by atoms with Gasteiger partial charge in [0.2, 0.25) is 0 Å². The van der Waals surface area contributed by atoms with Crippen molar-refractivity contribution in [3.05, 3.63) is 18.0 Å². The number of Topliss-reactive ketones (excluding diaryl/α,β-unsaturated/α-hetero) is 1. The van der Waals surface area contributed by atoms with E-state index < -0.39 is 0 Å². The number of hydrogen-bond donors (Lipinski definition) is 0. The first kappa shape index (κ1) is 8.48. The van der Waals surface area contributed by atoms with Crippen molar-refractivity contribution in [1.29, 1.82) is 0 Å². The summed E-state index contributed by atoms with van der Waals surface area (Å²) in [6.07, 6.45) is 7.55. The largest absolute Gasteiger partial charge is 0.300 e. The molecule has 0 bridgehead atoms. The summed E-state index contributed by atoms with van der Waals surface area (Å²) < 4.78 is 1.81. The molecule has 2 rings (SSSR count). The molecule has 1 unspecified atom stereocenters. The zero-order chi connectivity index (χ0) is 9.26. The van der Waals surface area contributed by atoms with Gasteiger partial charge in [-0.25, -0.2) is 0 Å². The van der Waals surface area contributed by atoms with Crippen LogP contribution in [-0.4, -0.2) is 15.6 Å². The maximum Gasteiger partial charge on any atom is 0.133 e. The topological polar surface area (TPSA) is 34.9 Å². The average molecular weight is 178 g/mol. The van der Waals surface area contributed by atoms with Crippen molar-refractivity contribution < 1.29 is 4.79 Å². The molecule has 70 valence electrons. The second kappa shape index (κ2) is 3.32. The van der Waals surface area contributed by atoms with Gasteiger partial charge in [0.15, 0.2) is 0 Å². The van der Waals surface area contributed by atoms with E-state index in [0.29, 0.717) is 11.7 Å². The van der Waals surface area contributed by atoms with Crippen LogP contribution in [-0.2, 0) is 18.3 Å². The first-order valence-electron chi connectivity index (χ1n) is 4.73. The van der Waals surface area contributed by atoms with Gasteiger partial charge in [-0.3, -0.25) is 9.48 Å². The Balaban J connectivity index is 1.95. The molecule has 1 heterocycles. The number of nitrogens with zero attached hydrogens (tertiary/aromatic N) is 2. The maximum absolute atomic E-state index is 11.0. The van der Waals surface area contributed by atoms with Gasteiger partial charge in [-0.15, -0.1) is 0 Å². The van der Waals surface area contributed by atoms with Gasteiger partial charge in [-0.2, -0.15) is 5.10 Å². The summed E-state index contributed by atoms with van der Waals surface area (Å²) in [4.78, 5) is 11.0. The number of hydrogen-bond acceptors (Lipinski definition) is 2. The van der Waals surface area contributed by atoms with E-state index in [1.165, 1.54) is 5.56 Å². The zero-order valence-electron chi connectivity index (χ0n) is 7.86. The quantitative estimate of drug-likeness (QED) is 0.684. The first-order chi connectivity index (χ1) is 6.24. The Labute approximate surface area is 77.7 Å². The van der Waals surface area contributed by atoms with Crippen molar-refractivity contribution in [1.82, 2.24) is 9.78 Å². The standard InChI is InChI=1S/C10H14N2O/c1-12-7-9(6-11-12)4-8-2-3-10(13)5-8/h6-8H,2-5H2,1H3. The molecule has 1 aliphatic rings. The minimum atomic E-state index is 0.425. The summed E-state index contributed by atoms with van der Waals surface area (Å²) in [5.74, 6) is 0.991. The first-order valence-corrected chi connectivity index (χ1v) is 4.73. The van der Waals surface area contributed by atoms with Gasteiger partial charge in [0.05, 0.1) is 6.20 Å². The van der Waals surface area contributed by atoms with Gasteiger partial charge >= 0.3 is 0 Å². The van der Waals surface area contributed by atoms with E-state index in [9.17, 15) is 4.79 Å². The van der Waals surface area contributed by atoms with Gasteiger partial charge in [0.1, 0.15) is 5.78 Å². The minimum Gasteiger partial charge on any atom is -0.300 e. The van der Waals surface area contributed by atoms with Gasteiger partial charge in [0.25, 0.3) is 0 Å². The molecule has 1 aromatic rings. The molecule has 1 aromatic heterocycles. The summed E-state index contributed by atoms with van der Waals surface area (Å²) in [6.45, 7) is 0. The Bertz CT molecular complexity index is 316. The van der Waals surface area contributed by atoms with E-state index >= 15 is 0 Å². The van der Waals surface area contributed by atoms with Gasteiger partial charge in [-0.05, 0) is 24.3 Å². The number of aryl methyl sites for hydroxylation is 1. The maximum atomic E-state index is 11.0. The highest BCUT2D eigenvalue weighted by Gasteiger charge is 2.22. The van der Waals surface area contributed by atoms with Crippen molar-refractivity contribution in [3.63, 3.8) is 0 Å². The van der Waals surface area contributed by atoms with Crippen LogP contribution in [0.1, 0.15) is 24.8 Å². The predicted molar refractivity (Wildman–Crippen MR) is 49.3 cm³/mol. The Morgan fingerprint density at radius 2 is 2.54 bits per heavy atom. The minimum absolute atomic E-state index is 0.425. The van der Waals surface area contributed by atoms with E-state index in [4.69, 9.17) is 0 Å². The number of rotatable bonds is 2. The highest BCUT2D eigenvalue weighted by Crippen LogP contribution is 2.25. The van der Waals surface area contributed by atoms with E-state index in [1.54, 1.807) is 0 Å². The molecule has 1 fully saturated rings. The van der Waals surface area contributed by atoms with Gasteiger partial charge in [-0.1, -0.05) is 0 Å². The molecule has 0 spiro atoms. The summed E-state index contributed by atoms with van der Waals surface area (Å²) in [5.41, 5.74) is 1.25. The third-order valence-corrected chi connectivity index (χ3v) is 2.63. The average Bonchev–Trinajstić information content (AvgIpc) is 2.62. The van der Waals surface area contributed by atoms with Crippen molar-refractivity contribution >= 4 is 5.78 Å². The summed E-state index contributed by atoms with van der Waals surface area (Å²) in [7, 11) is 1.92. The van der Waals surface area contributed by atoms with Gasteiger partial charge in [0, 0.05) is 26.1 Å². The van der Waals surface area contributed by atoms with E-state index in [0.717, 1.165) is 25.7 Å². The molecule has 0 aromatic carbocycles. The molecular formula is C10H14N2O. The van der Waals surface area contributed by atoms with Crippen LogP contribution in [0, 0.1) is 5.92 Å². The molecule has 0 saturated heterocycles. The predicted octanol–water partition coefficient (Wildman–Crippen LogP) is 1.33. The van der Waals surface area contributed by atoms with Crippen LogP contribution >= 0.6 is 0 Å². The fourth-order valence-electron chi connectivity index (χ4n) is 1.98. The lowest BCUT2D eigenvalue weighted by Crippen LogP contribution is -1.99. The molecule has 13 heavy (non-hydrogen) atoms. The monoisotopic (exact) mass is 178 g/mol. The third-order valence-electron chi connectivity index (χ3n) is 2.63. The second-order valence-electron chi connectivity index (χ2n) is 3.87. The normalized spacial score (nSPS) is 22.5. The molecule has 1 saturated carbocycles. The van der Waals surface area contributed by atoms with Crippen LogP contribution in [0.25, 0.3) is 0 Å². The summed E-state index contributed by atoms with van der Waals surface area (Å²) in [5, 5.41) is 4.11. The van der Waals surface area contributed by atoms with E-state index in [-0.39, 0.29) is 0 Å². The van der Waals surface area contributed by atoms with Crippen LogP contribution in [0.5, 0.6) is 0 Å². The molecule has 0 aliphatic heterocycles. The molecule has 1 atom stereocenters. The van der Waals surface area contributed by atoms with E-state index in [1.807, 2.05) is 24.1 Å². The highest BCUT2D eigenvalue weighted by molar-refractivity contribution is 5.80. The van der Waals surface area contributed by atoms with Crippen LogP contribution in [0.4, 0.5) is 0 Å². The van der Waals surface area contributed by atoms with E-state index in [2.05, 4.69) is 5.10 Å². The zero-order valence-corrected chi connectivity index (χ0v) is 7.86. The van der Waals surface area contributed by atoms with Crippen LogP contribution < -0.4 is 0 Å². The van der Waals surface area contributed by atoms with Crippen molar-refractivity contribution in [2.24, 2.45) is 13.0 Å². The Kier molecular flexibility index (Phi) is 2.17. The fraction of sp³-hybridized carbons (Fsp3) is 0.600. The van der Waals surface area contributed by atoms with Crippen molar-refractivity contribution in [2.45, 2.75) is 25.7 Å². The Morgan fingerprint density at radius 1 is 1.69 bits per heavy atom. The highest BCUT2D eigenvalue weighted by atomic mass is 16.1. The molecule has 0 radical (unpaired) electrons. The number of carbonyl (C=O) groups excluding carboxylic acids is 1. The summed E-state index contributed by atoms with van der Waals surface area (Å²) >= 11 is 0. The Morgan fingerprint density at radius 3 is 3.08 bits per heavy atom. The molecule has 0 N–H and O–H groups in total. The molecule has 0 amide bonds. The summed E-state index contributed by atoms with van der Waals surface area (Å²) in [6, 6.07) is 0. The lowest BCUT2D eigenvalue weighted by molar-refractivity contribution is -0.117. The number of aromatic nitrogens is 2. The third kappa shape index (κ3) is 1.97. The lowest BCUT2D eigenvalue weighted by Gasteiger charge is -2.03. The lowest BCUT2D eigenvalue weighted by atomic mass is 10.0. The number of ketones is 1. The SMILES string of the molecule is Cn1cc(CC2CCC(=O)C2)cn1. The number of carbonyl (C=O) groups is 1. The molecular weight excluding hydrogens is 164 g/mol.